The van der Waals surface area contributed by atoms with Gasteiger partial charge in [-0.15, -0.1) is 0 Å². The van der Waals surface area contributed by atoms with Crippen molar-refractivity contribution in [3.8, 4) is 0 Å². The number of nitrogens with two attached hydrogens (primary N) is 1. The molecule has 12 heavy (non-hydrogen) atoms. The summed E-state index contributed by atoms with van der Waals surface area (Å²) in [5, 5.41) is 8.16. The van der Waals surface area contributed by atoms with Crippen molar-refractivity contribution < 1.29 is 24.2 Å². The van der Waals surface area contributed by atoms with Gasteiger partial charge in [-0.05, 0) is 6.42 Å². The molecule has 0 bridgehead atoms. The van der Waals surface area contributed by atoms with Gasteiger partial charge in [0, 0.05) is 12.8 Å². The fourth-order valence-electron chi connectivity index (χ4n) is 0.547. The number of hydrogen-bond acceptors (Lipinski definition) is 4. The molecule has 0 atom stereocenters. The van der Waals surface area contributed by atoms with Crippen LogP contribution in [0.5, 0.6) is 0 Å². The third kappa shape index (κ3) is 6.53. The Hall–Kier alpha value is -1.59. The highest BCUT2D eigenvalue weighted by atomic mass is 16.6. The summed E-state index contributed by atoms with van der Waals surface area (Å²) in [5.41, 5.74) is 4.53. The standard InChI is InChI=1S/C6H9NO5/c7-6(11)12-5(10)3-1-2-4(8)9/h1-3H2,(H2,7,11)(H,8,9). The predicted molar refractivity (Wildman–Crippen MR) is 37.2 cm³/mol. The maximum Gasteiger partial charge on any atom is 0.412 e. The van der Waals surface area contributed by atoms with E-state index >= 15 is 0 Å². The summed E-state index contributed by atoms with van der Waals surface area (Å²) >= 11 is 0. The number of carbonyl (C=O) groups is 3. The van der Waals surface area contributed by atoms with Crippen LogP contribution in [0, 0.1) is 0 Å². The highest BCUT2D eigenvalue weighted by molar-refractivity contribution is 5.83. The number of ether oxygens (including phenoxy) is 1. The SMILES string of the molecule is NC(=O)OC(=O)CCCC(=O)O. The molecule has 0 aromatic carbocycles. The van der Waals surface area contributed by atoms with Crippen LogP contribution in [0.15, 0.2) is 0 Å². The fraction of sp³-hybridized carbons (Fsp3) is 0.500. The molecule has 0 spiro atoms. The van der Waals surface area contributed by atoms with E-state index in [2.05, 4.69) is 10.5 Å². The number of amides is 1. The molecular formula is C6H9NO5. The number of carboxylic acid groups (broad SMARTS) is 1. The van der Waals surface area contributed by atoms with Crippen LogP contribution in [-0.4, -0.2) is 23.1 Å². The largest absolute Gasteiger partial charge is 0.481 e. The molecule has 3 N–H and O–H groups in total. The van der Waals surface area contributed by atoms with E-state index in [4.69, 9.17) is 5.11 Å². The molecule has 0 aromatic rings. The molecule has 0 aliphatic carbocycles. The second kappa shape index (κ2) is 5.11. The van der Waals surface area contributed by atoms with Crippen LogP contribution in [0.25, 0.3) is 0 Å². The summed E-state index contributed by atoms with van der Waals surface area (Å²) in [5.74, 6) is -1.80. The minimum absolute atomic E-state index is 0.116. The van der Waals surface area contributed by atoms with Gasteiger partial charge in [0.2, 0.25) is 0 Å². The average molecular weight is 175 g/mol. The van der Waals surface area contributed by atoms with E-state index in [0.29, 0.717) is 0 Å². The first kappa shape index (κ1) is 10.4. The molecule has 0 fully saturated rings. The van der Waals surface area contributed by atoms with E-state index in [1.165, 1.54) is 0 Å². The zero-order chi connectivity index (χ0) is 9.56. The van der Waals surface area contributed by atoms with Crippen molar-refractivity contribution in [3.05, 3.63) is 0 Å². The summed E-state index contributed by atoms with van der Waals surface area (Å²) < 4.78 is 3.94. The Morgan fingerprint density at radius 1 is 1.25 bits per heavy atom. The quantitative estimate of drug-likeness (QED) is 0.457. The van der Waals surface area contributed by atoms with E-state index in [1.54, 1.807) is 0 Å². The first-order chi connectivity index (χ1) is 5.52. The van der Waals surface area contributed by atoms with E-state index in [9.17, 15) is 14.4 Å². The van der Waals surface area contributed by atoms with Crippen molar-refractivity contribution in [2.45, 2.75) is 19.3 Å². The molecule has 0 radical (unpaired) electrons. The van der Waals surface area contributed by atoms with Crippen molar-refractivity contribution in [2.24, 2.45) is 5.73 Å². The van der Waals surface area contributed by atoms with Crippen LogP contribution in [0.4, 0.5) is 4.79 Å². The second-order valence-corrected chi connectivity index (χ2v) is 2.04. The molecule has 1 amide bonds. The van der Waals surface area contributed by atoms with Gasteiger partial charge in [-0.3, -0.25) is 9.59 Å². The Balaban J connectivity index is 3.44. The fourth-order valence-corrected chi connectivity index (χ4v) is 0.547. The van der Waals surface area contributed by atoms with Gasteiger partial charge in [-0.1, -0.05) is 0 Å². The number of rotatable bonds is 4. The lowest BCUT2D eigenvalue weighted by Crippen LogP contribution is -2.18. The average Bonchev–Trinajstić information content (AvgIpc) is 1.84. The summed E-state index contributed by atoms with van der Waals surface area (Å²) in [4.78, 5) is 30.4. The van der Waals surface area contributed by atoms with Gasteiger partial charge in [0.1, 0.15) is 0 Å². The second-order valence-electron chi connectivity index (χ2n) is 2.04. The van der Waals surface area contributed by atoms with E-state index < -0.39 is 18.0 Å². The highest BCUT2D eigenvalue weighted by Gasteiger charge is 2.07. The van der Waals surface area contributed by atoms with Crippen LogP contribution in [0.2, 0.25) is 0 Å². The Kier molecular flexibility index (Phi) is 4.43. The van der Waals surface area contributed by atoms with Crippen LogP contribution in [-0.2, 0) is 14.3 Å². The minimum Gasteiger partial charge on any atom is -0.481 e. The third-order valence-corrected chi connectivity index (χ3v) is 0.986. The Bertz CT molecular complexity index is 200. The van der Waals surface area contributed by atoms with E-state index in [-0.39, 0.29) is 19.3 Å². The van der Waals surface area contributed by atoms with Crippen LogP contribution in [0.1, 0.15) is 19.3 Å². The first-order valence-electron chi connectivity index (χ1n) is 3.24. The molecule has 0 rings (SSSR count). The normalized spacial score (nSPS) is 9.00. The van der Waals surface area contributed by atoms with Gasteiger partial charge >= 0.3 is 18.0 Å². The van der Waals surface area contributed by atoms with Gasteiger partial charge in [0.25, 0.3) is 0 Å². The highest BCUT2D eigenvalue weighted by Crippen LogP contribution is 1.97. The van der Waals surface area contributed by atoms with Crippen molar-refractivity contribution in [1.29, 1.82) is 0 Å². The zero-order valence-electron chi connectivity index (χ0n) is 6.28. The lowest BCUT2D eigenvalue weighted by atomic mass is 10.2. The zero-order valence-corrected chi connectivity index (χ0v) is 6.28. The number of primary amides is 1. The number of carbonyl (C=O) groups excluding carboxylic acids is 2. The van der Waals surface area contributed by atoms with Crippen molar-refractivity contribution >= 4 is 18.0 Å². The predicted octanol–water partition coefficient (Wildman–Crippen LogP) is -0.137. The molecule has 0 saturated carbocycles. The molecule has 0 aliphatic rings. The summed E-state index contributed by atoms with van der Waals surface area (Å²) in [7, 11) is 0. The molecule has 0 heterocycles. The van der Waals surface area contributed by atoms with Gasteiger partial charge in [0.05, 0.1) is 0 Å². The van der Waals surface area contributed by atoms with Crippen LogP contribution < -0.4 is 5.73 Å². The maximum absolute atomic E-state index is 10.5. The van der Waals surface area contributed by atoms with Crippen molar-refractivity contribution in [2.75, 3.05) is 0 Å². The number of carboxylic acids is 1. The number of hydrogen-bond donors (Lipinski definition) is 2. The molecule has 0 aromatic heterocycles. The van der Waals surface area contributed by atoms with Crippen molar-refractivity contribution in [3.63, 3.8) is 0 Å². The molecule has 0 saturated heterocycles. The molecule has 6 heteroatoms. The third-order valence-electron chi connectivity index (χ3n) is 0.986. The monoisotopic (exact) mass is 175 g/mol. The molecule has 0 unspecified atom stereocenters. The van der Waals surface area contributed by atoms with E-state index in [1.807, 2.05) is 0 Å². The Labute approximate surface area is 68.3 Å². The topological polar surface area (TPSA) is 107 Å². The smallest absolute Gasteiger partial charge is 0.412 e. The van der Waals surface area contributed by atoms with Crippen molar-refractivity contribution in [1.82, 2.24) is 0 Å². The molecule has 68 valence electrons. The van der Waals surface area contributed by atoms with Crippen LogP contribution >= 0.6 is 0 Å². The van der Waals surface area contributed by atoms with Gasteiger partial charge < -0.3 is 15.6 Å². The van der Waals surface area contributed by atoms with Crippen LogP contribution in [0.3, 0.4) is 0 Å². The van der Waals surface area contributed by atoms with Gasteiger partial charge in [0.15, 0.2) is 0 Å². The Morgan fingerprint density at radius 2 is 1.83 bits per heavy atom. The first-order valence-corrected chi connectivity index (χ1v) is 3.24. The molecule has 6 nitrogen and oxygen atoms in total. The lowest BCUT2D eigenvalue weighted by Gasteiger charge is -1.96. The minimum atomic E-state index is -1.17. The summed E-state index contributed by atoms with van der Waals surface area (Å²) in [6.45, 7) is 0. The number of esters is 1. The summed E-state index contributed by atoms with van der Waals surface area (Å²) in [6.07, 6.45) is -1.28. The molecule has 0 aliphatic heterocycles. The van der Waals surface area contributed by atoms with E-state index in [0.717, 1.165) is 0 Å². The lowest BCUT2D eigenvalue weighted by molar-refractivity contribution is -0.138. The Morgan fingerprint density at radius 3 is 2.25 bits per heavy atom. The maximum atomic E-state index is 10.5. The summed E-state index contributed by atoms with van der Waals surface area (Å²) in [6, 6.07) is 0. The van der Waals surface area contributed by atoms with Gasteiger partial charge in [-0.25, -0.2) is 4.79 Å². The number of aliphatic carboxylic acids is 1. The molecular weight excluding hydrogens is 166 g/mol. The van der Waals surface area contributed by atoms with Gasteiger partial charge in [-0.2, -0.15) is 0 Å².